The van der Waals surface area contributed by atoms with Crippen molar-refractivity contribution in [2.75, 3.05) is 33.5 Å². The summed E-state index contributed by atoms with van der Waals surface area (Å²) in [6.07, 6.45) is 1.61. The monoisotopic (exact) mass is 637 g/mol. The Labute approximate surface area is 271 Å². The molecule has 2 heterocycles. The number of benzene rings is 2. The van der Waals surface area contributed by atoms with E-state index in [0.717, 1.165) is 27.7 Å². The van der Waals surface area contributed by atoms with Crippen LogP contribution in [0.4, 0.5) is 0 Å². The summed E-state index contributed by atoms with van der Waals surface area (Å²) in [5.74, 6) is -1.91. The van der Waals surface area contributed by atoms with Gasteiger partial charge in [0.05, 0.1) is 32.8 Å². The van der Waals surface area contributed by atoms with Crippen LogP contribution in [0.5, 0.6) is 5.75 Å². The number of fused-ring (bicyclic) bond motifs is 1. The van der Waals surface area contributed by atoms with Crippen molar-refractivity contribution in [2.24, 2.45) is 4.99 Å². The van der Waals surface area contributed by atoms with Crippen molar-refractivity contribution in [1.82, 2.24) is 4.90 Å². The molecular weight excluding hydrogens is 590 g/mol. The minimum Gasteiger partial charge on any atom is -0.543 e. The maximum atomic E-state index is 12.8. The minimum atomic E-state index is -1.48. The molecule has 2 atom stereocenters. The van der Waals surface area contributed by atoms with E-state index in [9.17, 15) is 24.6 Å². The van der Waals surface area contributed by atoms with E-state index < -0.39 is 29.3 Å². The average Bonchev–Trinajstić information content (AvgIpc) is 2.90. The van der Waals surface area contributed by atoms with Crippen LogP contribution in [0.25, 0.3) is 0 Å². The van der Waals surface area contributed by atoms with Gasteiger partial charge in [-0.25, -0.2) is 0 Å². The van der Waals surface area contributed by atoms with E-state index in [1.165, 1.54) is 29.1 Å². The molecule has 244 valence electrons. The third-order valence-corrected chi connectivity index (χ3v) is 8.62. The number of ether oxygens (including phenoxy) is 1. The number of hydrogen-bond donors (Lipinski definition) is 1. The smallest absolute Gasteiger partial charge is 0.302 e. The molecule has 0 unspecified atom stereocenters. The van der Waals surface area contributed by atoms with Gasteiger partial charge in [0, 0.05) is 41.2 Å². The molecule has 2 aromatic carbocycles. The molecule has 1 saturated heterocycles. The number of aliphatic carboxylic acids is 1. The number of carbonyl (C=O) groups is 3. The number of carbonyl (C=O) groups excluding carboxylic acids is 3. The van der Waals surface area contributed by atoms with Gasteiger partial charge >= 0.3 is 5.97 Å². The molecule has 9 nitrogen and oxygen atoms in total. The zero-order chi connectivity index (χ0) is 33.9. The van der Waals surface area contributed by atoms with E-state index in [4.69, 9.17) is 4.74 Å². The fraction of sp³-hybridized carbons (Fsp3) is 0.486. The lowest BCUT2D eigenvalue weighted by Gasteiger charge is -2.49. The summed E-state index contributed by atoms with van der Waals surface area (Å²) in [7, 11) is 6.60. The van der Waals surface area contributed by atoms with E-state index in [0.29, 0.717) is 11.3 Å². The maximum Gasteiger partial charge on any atom is 0.302 e. The molecular formula is C35H47N3O6S. The summed E-state index contributed by atoms with van der Waals surface area (Å²) in [5.41, 5.74) is 3.21. The number of amides is 1. The molecule has 1 amide bonds. The topological polar surface area (TPSA) is 119 Å². The largest absolute Gasteiger partial charge is 0.543 e. The van der Waals surface area contributed by atoms with E-state index in [1.807, 2.05) is 53.7 Å². The molecule has 2 aliphatic rings. The molecule has 4 rings (SSSR count). The third kappa shape index (κ3) is 9.20. The Balaban J connectivity index is 0.000000423. The van der Waals surface area contributed by atoms with Crippen LogP contribution in [0.1, 0.15) is 70.7 Å². The minimum absolute atomic E-state index is 0.200. The van der Waals surface area contributed by atoms with Gasteiger partial charge in [0.1, 0.15) is 24.3 Å². The molecule has 0 bridgehead atoms. The van der Waals surface area contributed by atoms with E-state index in [2.05, 4.69) is 56.5 Å². The number of aliphatic imine (C=N–C) groups is 1. The molecule has 0 aliphatic carbocycles. The Morgan fingerprint density at radius 1 is 1.07 bits per heavy atom. The lowest BCUT2D eigenvalue weighted by atomic mass is 9.78. The van der Waals surface area contributed by atoms with Crippen molar-refractivity contribution in [2.45, 2.75) is 77.3 Å². The van der Waals surface area contributed by atoms with Crippen molar-refractivity contribution in [1.29, 1.82) is 0 Å². The van der Waals surface area contributed by atoms with Crippen LogP contribution < -0.4 is 5.11 Å². The Hall–Kier alpha value is -3.63. The molecule has 0 radical (unpaired) electrons. The number of β-lactam (4-membered cyclic amide) rings is 1. The Morgan fingerprint density at radius 3 is 2.09 bits per heavy atom. The Morgan fingerprint density at radius 2 is 1.62 bits per heavy atom. The summed E-state index contributed by atoms with van der Waals surface area (Å²) in [6, 6.07) is 13.6. The summed E-state index contributed by atoms with van der Waals surface area (Å²) < 4.78 is 5.92. The van der Waals surface area contributed by atoms with E-state index in [-0.39, 0.29) is 28.9 Å². The van der Waals surface area contributed by atoms with Crippen LogP contribution in [0.2, 0.25) is 0 Å². The van der Waals surface area contributed by atoms with Gasteiger partial charge in [0.15, 0.2) is 6.04 Å². The number of nitrogens with zero attached hydrogens (tertiary/aromatic N) is 3. The molecule has 0 spiro atoms. The van der Waals surface area contributed by atoms with Gasteiger partial charge in [-0.2, -0.15) is 0 Å². The third-order valence-electron chi connectivity index (χ3n) is 7.29. The first-order valence-corrected chi connectivity index (χ1v) is 16.0. The Bertz CT molecular complexity index is 1440. The van der Waals surface area contributed by atoms with Crippen LogP contribution in [-0.4, -0.2) is 83.5 Å². The van der Waals surface area contributed by atoms with Crippen LogP contribution in [0.3, 0.4) is 0 Å². The average molecular weight is 638 g/mol. The molecule has 0 saturated carbocycles. The number of phenolic OH excluding ortho intramolecular Hbond substituents is 1. The Kier molecular flexibility index (Phi) is 11.0. The summed E-state index contributed by atoms with van der Waals surface area (Å²) in [4.78, 5) is 41.4. The first-order valence-electron chi connectivity index (χ1n) is 15.0. The lowest BCUT2D eigenvalue weighted by Crippen LogP contribution is -2.65. The fourth-order valence-electron chi connectivity index (χ4n) is 5.13. The second-order valence-corrected chi connectivity index (χ2v) is 15.7. The normalized spacial score (nSPS) is 18.6. The predicted molar refractivity (Wildman–Crippen MR) is 177 cm³/mol. The van der Waals surface area contributed by atoms with Gasteiger partial charge in [-0.05, 0) is 28.5 Å². The number of aromatic hydroxyl groups is 1. The van der Waals surface area contributed by atoms with E-state index >= 15 is 0 Å². The van der Waals surface area contributed by atoms with Gasteiger partial charge in [0.25, 0.3) is 5.91 Å². The highest BCUT2D eigenvalue weighted by Crippen LogP contribution is 2.42. The highest BCUT2D eigenvalue weighted by atomic mass is 32.2. The molecule has 45 heavy (non-hydrogen) atoms. The predicted octanol–water partition coefficient (Wildman–Crippen LogP) is 4.15. The van der Waals surface area contributed by atoms with Gasteiger partial charge in [-0.15, -0.1) is 11.8 Å². The molecule has 2 aromatic rings. The lowest BCUT2D eigenvalue weighted by molar-refractivity contribution is -0.884. The SMILES string of the molecule is CC(=O)OCC1=C(C(=O)[O-])N2C(=O)[C@@H](N=Cc3cc(C(C)(C)C)c(O)c(C(C)(C)C)c3)[C@@H]2SC1.C[N+](C)(C)Cc1ccccc1. The molecule has 0 aromatic heterocycles. The zero-order valence-electron chi connectivity index (χ0n) is 28.1. The fourth-order valence-corrected chi connectivity index (χ4v) is 6.45. The van der Waals surface area contributed by atoms with Gasteiger partial charge in [-0.1, -0.05) is 71.9 Å². The second-order valence-electron chi connectivity index (χ2n) is 14.6. The maximum absolute atomic E-state index is 12.8. The highest BCUT2D eigenvalue weighted by molar-refractivity contribution is 8.00. The number of quaternary nitrogens is 1. The first-order chi connectivity index (χ1) is 20.7. The number of thioether (sulfide) groups is 1. The van der Waals surface area contributed by atoms with Crippen molar-refractivity contribution in [3.8, 4) is 5.75 Å². The van der Waals surface area contributed by atoms with Gasteiger partial charge in [-0.3, -0.25) is 19.5 Å². The highest BCUT2D eigenvalue weighted by Gasteiger charge is 2.52. The number of carboxylic acid groups (broad SMARTS) is 1. The van der Waals surface area contributed by atoms with Gasteiger partial charge < -0.3 is 24.2 Å². The van der Waals surface area contributed by atoms with Crippen molar-refractivity contribution >= 4 is 35.8 Å². The van der Waals surface area contributed by atoms with Crippen molar-refractivity contribution in [3.63, 3.8) is 0 Å². The van der Waals surface area contributed by atoms with E-state index in [1.54, 1.807) is 6.21 Å². The summed E-state index contributed by atoms with van der Waals surface area (Å²) >= 11 is 1.37. The van der Waals surface area contributed by atoms with Crippen LogP contribution in [0.15, 0.2) is 58.7 Å². The van der Waals surface area contributed by atoms with Crippen molar-refractivity contribution < 1.29 is 33.8 Å². The van der Waals surface area contributed by atoms with Crippen LogP contribution >= 0.6 is 11.8 Å². The first kappa shape index (κ1) is 35.8. The standard InChI is InChI=1S/C25H32N2O6S.C10H16N/c1-13(28)33-11-15-12-34-22-18(21(30)27(22)19(15)23(31)32)26-10-14-8-16(24(2,3)4)20(29)17(9-14)25(5,6)7;1-11(2,3)9-10-7-5-4-6-8-10/h8-10,18,22,29H,11-12H2,1-7H3,(H,31,32);4-8H,9H2,1-3H3/q;+1/p-1/t18-,22+;/m1./s1. The molecule has 1 N–H and O–H groups in total. The zero-order valence-corrected chi connectivity index (χ0v) is 28.9. The van der Waals surface area contributed by atoms with Crippen LogP contribution in [0, 0.1) is 0 Å². The quantitative estimate of drug-likeness (QED) is 0.210. The number of carboxylic acids is 1. The van der Waals surface area contributed by atoms with Gasteiger partial charge in [0.2, 0.25) is 0 Å². The number of esters is 1. The number of phenols is 1. The molecule has 2 aliphatic heterocycles. The number of rotatable bonds is 7. The number of hydrogen-bond acceptors (Lipinski definition) is 8. The van der Waals surface area contributed by atoms with Crippen molar-refractivity contribution in [3.05, 3.63) is 76.0 Å². The molecule has 1 fully saturated rings. The molecule has 10 heteroatoms. The second kappa shape index (κ2) is 13.8. The summed E-state index contributed by atoms with van der Waals surface area (Å²) in [5, 5.41) is 22.2. The summed E-state index contributed by atoms with van der Waals surface area (Å²) in [6.45, 7) is 14.2. The van der Waals surface area contributed by atoms with Crippen LogP contribution in [-0.2, 0) is 36.5 Å².